The van der Waals surface area contributed by atoms with Crippen LogP contribution in [0.2, 0.25) is 0 Å². The first kappa shape index (κ1) is 17.2. The van der Waals surface area contributed by atoms with Crippen molar-refractivity contribution in [3.05, 3.63) is 113 Å². The zero-order valence-electron chi connectivity index (χ0n) is 16.8. The van der Waals surface area contributed by atoms with E-state index in [2.05, 4.69) is 96.3 Å². The van der Waals surface area contributed by atoms with Gasteiger partial charge in [-0.15, -0.1) is 0 Å². The van der Waals surface area contributed by atoms with Gasteiger partial charge in [-0.05, 0) is 48.5 Å². The van der Waals surface area contributed by atoms with Crippen LogP contribution in [0.3, 0.4) is 0 Å². The van der Waals surface area contributed by atoms with Gasteiger partial charge in [0.05, 0.1) is 11.4 Å². The van der Waals surface area contributed by atoms with E-state index < -0.39 is 0 Å². The molecule has 6 heterocycles. The van der Waals surface area contributed by atoms with Crippen LogP contribution in [0.4, 0.5) is 0 Å². The largest absolute Gasteiger partial charge is 0.362 e. The van der Waals surface area contributed by atoms with Gasteiger partial charge >= 0.3 is 0 Å². The molecular formula is C24H25N6+. The topological polar surface area (TPSA) is 72.0 Å². The lowest BCUT2D eigenvalue weighted by atomic mass is 10.2. The Hall–Kier alpha value is -3.67. The van der Waals surface area contributed by atoms with E-state index in [4.69, 9.17) is 0 Å². The van der Waals surface area contributed by atoms with Crippen LogP contribution in [0.5, 0.6) is 0 Å². The van der Waals surface area contributed by atoms with Crippen LogP contribution in [0.15, 0.2) is 67.3 Å². The second-order valence-corrected chi connectivity index (χ2v) is 8.32. The molecule has 0 saturated carbocycles. The van der Waals surface area contributed by atoms with Crippen molar-refractivity contribution in [1.82, 2.24) is 24.5 Å². The van der Waals surface area contributed by atoms with Gasteiger partial charge in [0.1, 0.15) is 25.5 Å². The minimum Gasteiger partial charge on any atom is -0.362 e. The molecule has 1 aliphatic rings. The molecule has 10 bridgehead atoms. The van der Waals surface area contributed by atoms with Crippen LogP contribution in [0.1, 0.15) is 45.6 Å². The van der Waals surface area contributed by atoms with Crippen molar-refractivity contribution in [3.8, 4) is 0 Å². The third kappa shape index (κ3) is 3.52. The highest BCUT2D eigenvalue weighted by Crippen LogP contribution is 2.15. The fourth-order valence-electron chi connectivity index (χ4n) is 4.40. The van der Waals surface area contributed by atoms with E-state index >= 15 is 0 Å². The number of nitrogens with one attached hydrogen (secondary N) is 4. The number of aromatic amines is 4. The predicted octanol–water partition coefficient (Wildman–Crippen LogP) is 3.27. The molecule has 6 rings (SSSR count). The normalized spacial score (nSPS) is 14.0. The fraction of sp³-hybridized carbons (Fsp3) is 0.208. The first-order chi connectivity index (χ1) is 14.7. The third-order valence-corrected chi connectivity index (χ3v) is 5.82. The van der Waals surface area contributed by atoms with Crippen LogP contribution in [0.25, 0.3) is 0 Å². The summed E-state index contributed by atoms with van der Waals surface area (Å²) in [5.41, 5.74) is 9.83. The van der Waals surface area contributed by atoms with Crippen molar-refractivity contribution in [2.24, 2.45) is 0 Å². The number of imidazole rings is 1. The van der Waals surface area contributed by atoms with E-state index in [1.165, 1.54) is 45.6 Å². The van der Waals surface area contributed by atoms with E-state index in [1.54, 1.807) is 0 Å². The Bertz CT molecular complexity index is 974. The molecule has 0 aliphatic carbocycles. The summed E-state index contributed by atoms with van der Waals surface area (Å²) in [6.07, 6.45) is 9.08. The van der Waals surface area contributed by atoms with Crippen molar-refractivity contribution < 1.29 is 4.57 Å². The Morgan fingerprint density at radius 3 is 1.57 bits per heavy atom. The molecule has 0 spiro atoms. The Morgan fingerprint density at radius 2 is 1.00 bits per heavy atom. The average molecular weight is 398 g/mol. The van der Waals surface area contributed by atoms with E-state index in [9.17, 15) is 0 Å². The second kappa shape index (κ2) is 6.99. The van der Waals surface area contributed by atoms with Crippen molar-refractivity contribution in [1.29, 1.82) is 0 Å². The maximum absolute atomic E-state index is 3.58. The molecule has 5 aromatic rings. The minimum atomic E-state index is 0.840. The van der Waals surface area contributed by atoms with Crippen molar-refractivity contribution in [3.63, 3.8) is 0 Å². The fourth-order valence-corrected chi connectivity index (χ4v) is 4.40. The highest BCUT2D eigenvalue weighted by atomic mass is 15.1. The molecule has 6 heteroatoms. The lowest BCUT2D eigenvalue weighted by molar-refractivity contribution is -0.688. The monoisotopic (exact) mass is 397 g/mol. The highest BCUT2D eigenvalue weighted by molar-refractivity contribution is 5.27. The van der Waals surface area contributed by atoms with Gasteiger partial charge in [0, 0.05) is 53.4 Å². The van der Waals surface area contributed by atoms with Crippen LogP contribution >= 0.6 is 0 Å². The number of H-pyrrole nitrogens is 4. The van der Waals surface area contributed by atoms with Gasteiger partial charge in [0.15, 0.2) is 0 Å². The summed E-state index contributed by atoms with van der Waals surface area (Å²) in [5.74, 6) is 0. The van der Waals surface area contributed by atoms with Gasteiger partial charge in [-0.1, -0.05) is 0 Å². The van der Waals surface area contributed by atoms with Gasteiger partial charge in [0.25, 0.3) is 0 Å². The summed E-state index contributed by atoms with van der Waals surface area (Å²) in [5, 5.41) is 0. The number of aromatic nitrogens is 6. The molecule has 30 heavy (non-hydrogen) atoms. The van der Waals surface area contributed by atoms with Crippen LogP contribution in [-0.2, 0) is 32.4 Å². The Kier molecular flexibility index (Phi) is 4.01. The summed E-state index contributed by atoms with van der Waals surface area (Å²) in [4.78, 5) is 14.3. The minimum absolute atomic E-state index is 0.840. The number of fused-ring (bicyclic) bond motifs is 10. The summed E-state index contributed by atoms with van der Waals surface area (Å²) in [6.45, 7) is 1.68. The Balaban J connectivity index is 1.34. The smallest absolute Gasteiger partial charge is 0.244 e. The van der Waals surface area contributed by atoms with E-state index in [0.29, 0.717) is 0 Å². The van der Waals surface area contributed by atoms with Crippen molar-refractivity contribution in [2.45, 2.75) is 32.4 Å². The molecule has 0 unspecified atom stereocenters. The maximum Gasteiger partial charge on any atom is 0.244 e. The quantitative estimate of drug-likeness (QED) is 0.284. The summed E-state index contributed by atoms with van der Waals surface area (Å²) < 4.78 is 4.43. The van der Waals surface area contributed by atoms with Crippen molar-refractivity contribution in [2.75, 3.05) is 0 Å². The number of rotatable bonds is 0. The van der Waals surface area contributed by atoms with E-state index in [0.717, 1.165) is 32.4 Å². The molecule has 0 aromatic carbocycles. The lowest BCUT2D eigenvalue weighted by Crippen LogP contribution is -2.31. The zero-order valence-corrected chi connectivity index (χ0v) is 16.8. The van der Waals surface area contributed by atoms with Crippen LogP contribution in [-0.4, -0.2) is 24.5 Å². The number of nitrogens with zero attached hydrogens (tertiary/aromatic N) is 2. The molecule has 0 amide bonds. The molecule has 0 atom stereocenters. The predicted molar refractivity (Wildman–Crippen MR) is 114 cm³/mol. The maximum atomic E-state index is 3.58. The molecule has 0 radical (unpaired) electrons. The first-order valence-electron chi connectivity index (χ1n) is 10.5. The summed E-state index contributed by atoms with van der Waals surface area (Å²) in [6, 6.07) is 17.5. The molecular weight excluding hydrogens is 372 g/mol. The SMILES string of the molecule is c1cc2[nH]c1Cc1ccc([nH]1)Cc1ccc([nH]1)C[n+]1ccn(c1)Cc1ccc([nH]1)C2. The third-order valence-electron chi connectivity index (χ3n) is 5.82. The van der Waals surface area contributed by atoms with Crippen LogP contribution in [0, 0.1) is 0 Å². The molecule has 1 aliphatic heterocycles. The molecule has 0 saturated heterocycles. The average Bonchev–Trinajstić information content (AvgIpc) is 3.52. The number of hydrogen-bond donors (Lipinski definition) is 4. The lowest BCUT2D eigenvalue weighted by Gasteiger charge is -2.00. The van der Waals surface area contributed by atoms with Gasteiger partial charge in [0.2, 0.25) is 6.33 Å². The summed E-state index contributed by atoms with van der Waals surface area (Å²) >= 11 is 0. The van der Waals surface area contributed by atoms with Gasteiger partial charge < -0.3 is 19.9 Å². The molecule has 0 fully saturated rings. The van der Waals surface area contributed by atoms with E-state index in [1.807, 2.05) is 0 Å². The van der Waals surface area contributed by atoms with Gasteiger partial charge in [-0.25, -0.2) is 9.13 Å². The Morgan fingerprint density at radius 1 is 0.567 bits per heavy atom. The van der Waals surface area contributed by atoms with Crippen molar-refractivity contribution >= 4 is 0 Å². The molecule has 5 aromatic heterocycles. The highest BCUT2D eigenvalue weighted by Gasteiger charge is 2.11. The first-order valence-corrected chi connectivity index (χ1v) is 10.5. The summed E-state index contributed by atoms with van der Waals surface area (Å²) in [7, 11) is 0. The Labute approximate surface area is 174 Å². The molecule has 4 N–H and O–H groups in total. The second-order valence-electron chi connectivity index (χ2n) is 8.32. The van der Waals surface area contributed by atoms with Gasteiger partial charge in [-0.3, -0.25) is 0 Å². The standard InChI is InChI=1S/C24H25N6/c1-3-19-12-21-5-7-23(27-21)14-29-9-10-30(16-29)15-24-8-6-22(28-24)13-20-4-2-18(26-20)11-17(1)25-19/h1-10,16,25-28H,11-15H2/q+1. The van der Waals surface area contributed by atoms with E-state index in [-0.39, 0.29) is 0 Å². The molecule has 6 nitrogen and oxygen atoms in total. The zero-order chi connectivity index (χ0) is 19.9. The van der Waals surface area contributed by atoms with Gasteiger partial charge in [-0.2, -0.15) is 0 Å². The molecule has 150 valence electrons. The van der Waals surface area contributed by atoms with Crippen LogP contribution < -0.4 is 4.57 Å². The number of hydrogen-bond acceptors (Lipinski definition) is 0.